The second-order valence-electron chi connectivity index (χ2n) is 8.19. The van der Waals surface area contributed by atoms with E-state index in [2.05, 4.69) is 25.6 Å². The van der Waals surface area contributed by atoms with Gasteiger partial charge in [-0.15, -0.1) is 0 Å². The van der Waals surface area contributed by atoms with Crippen molar-refractivity contribution in [3.8, 4) is 17.3 Å². The van der Waals surface area contributed by atoms with E-state index in [-0.39, 0.29) is 38.2 Å². The number of nitrogens with zero attached hydrogens (tertiary/aromatic N) is 5. The highest BCUT2D eigenvalue weighted by Crippen LogP contribution is 2.30. The lowest BCUT2D eigenvalue weighted by Crippen LogP contribution is -2.29. The molecule has 192 valence electrons. The van der Waals surface area contributed by atoms with E-state index in [9.17, 15) is 14.3 Å². The molecule has 1 amide bonds. The van der Waals surface area contributed by atoms with E-state index >= 15 is 0 Å². The molecule has 5 rings (SSSR count). The number of aliphatic hydroxyl groups excluding tert-OH is 1. The van der Waals surface area contributed by atoms with Crippen LogP contribution in [0, 0.1) is 5.82 Å². The third-order valence-corrected chi connectivity index (χ3v) is 5.68. The van der Waals surface area contributed by atoms with Crippen molar-refractivity contribution < 1.29 is 19.0 Å². The molecule has 0 fully saturated rings. The van der Waals surface area contributed by atoms with Gasteiger partial charge in [-0.2, -0.15) is 5.10 Å². The Bertz CT molecular complexity index is 1560. The van der Waals surface area contributed by atoms with Gasteiger partial charge in [-0.1, -0.05) is 36.4 Å². The Morgan fingerprint density at radius 1 is 1.05 bits per heavy atom. The summed E-state index contributed by atoms with van der Waals surface area (Å²) in [7, 11) is 0. The number of fused-ring (bicyclic) bond motifs is 1. The van der Waals surface area contributed by atoms with Crippen LogP contribution in [0.4, 0.5) is 10.2 Å². The van der Waals surface area contributed by atoms with E-state index < -0.39 is 0 Å². The van der Waals surface area contributed by atoms with Crippen LogP contribution in [0.1, 0.15) is 15.9 Å². The first-order chi connectivity index (χ1) is 18.6. The fourth-order valence-electron chi connectivity index (χ4n) is 3.88. The second-order valence-corrected chi connectivity index (χ2v) is 8.19. The molecular formula is C27H24FN7O3. The average molecular weight is 514 g/mol. The molecule has 5 aromatic rings. The number of rotatable bonds is 10. The minimum Gasteiger partial charge on any atom is -0.486 e. The molecule has 0 radical (unpaired) electrons. The number of hydrogen-bond donors (Lipinski definition) is 3. The van der Waals surface area contributed by atoms with Gasteiger partial charge < -0.3 is 20.5 Å². The van der Waals surface area contributed by atoms with Gasteiger partial charge in [0.15, 0.2) is 17.4 Å². The Labute approximate surface area is 217 Å². The summed E-state index contributed by atoms with van der Waals surface area (Å²) in [5, 5.41) is 20.5. The van der Waals surface area contributed by atoms with Gasteiger partial charge in [0.05, 0.1) is 37.1 Å². The van der Waals surface area contributed by atoms with E-state index in [1.165, 1.54) is 18.5 Å². The summed E-state index contributed by atoms with van der Waals surface area (Å²) in [6.07, 6.45) is 4.54. The number of anilines is 1. The normalized spacial score (nSPS) is 10.9. The third kappa shape index (κ3) is 5.42. The van der Waals surface area contributed by atoms with Gasteiger partial charge in [0, 0.05) is 23.3 Å². The van der Waals surface area contributed by atoms with Crippen LogP contribution < -0.4 is 15.4 Å². The van der Waals surface area contributed by atoms with E-state index in [0.29, 0.717) is 34.2 Å². The zero-order valence-corrected chi connectivity index (χ0v) is 20.2. The molecule has 3 heterocycles. The van der Waals surface area contributed by atoms with Crippen LogP contribution in [0.15, 0.2) is 79.3 Å². The Balaban J connectivity index is 1.44. The summed E-state index contributed by atoms with van der Waals surface area (Å²) in [5.74, 6) is 0.299. The lowest BCUT2D eigenvalue weighted by molar-refractivity contribution is 0.0956. The number of nitrogens with one attached hydrogen (secondary N) is 2. The number of para-hydroxylation sites is 1. The molecule has 3 N–H and O–H groups in total. The number of pyridine rings is 1. The number of carbonyl (C=O) groups is 1. The molecule has 0 unspecified atom stereocenters. The van der Waals surface area contributed by atoms with Gasteiger partial charge in [0.2, 0.25) is 0 Å². The number of hydrogen-bond acceptors (Lipinski definition) is 8. The number of benzene rings is 2. The molecule has 10 nitrogen and oxygen atoms in total. The van der Waals surface area contributed by atoms with Gasteiger partial charge in [-0.3, -0.25) is 14.5 Å². The van der Waals surface area contributed by atoms with Gasteiger partial charge in [-0.05, 0) is 24.3 Å². The summed E-state index contributed by atoms with van der Waals surface area (Å²) >= 11 is 0. The van der Waals surface area contributed by atoms with Gasteiger partial charge in [-0.25, -0.2) is 14.4 Å². The van der Waals surface area contributed by atoms with E-state index in [0.717, 1.165) is 10.9 Å². The molecule has 2 aromatic carbocycles. The molecule has 0 spiro atoms. The van der Waals surface area contributed by atoms with Crippen LogP contribution in [0.25, 0.3) is 22.4 Å². The fourth-order valence-corrected chi connectivity index (χ4v) is 3.88. The number of amides is 1. The molecule has 0 saturated heterocycles. The fraction of sp³-hybridized carbons (Fsp3) is 0.148. The quantitative estimate of drug-likeness (QED) is 0.243. The average Bonchev–Trinajstić information content (AvgIpc) is 3.32. The lowest BCUT2D eigenvalue weighted by Gasteiger charge is -2.13. The smallest absolute Gasteiger partial charge is 0.254 e. The van der Waals surface area contributed by atoms with Crippen LogP contribution in [0.3, 0.4) is 0 Å². The summed E-state index contributed by atoms with van der Waals surface area (Å²) in [6.45, 7) is 0.127. The zero-order valence-electron chi connectivity index (χ0n) is 20.2. The second kappa shape index (κ2) is 11.4. The van der Waals surface area contributed by atoms with E-state index in [1.54, 1.807) is 41.2 Å². The Morgan fingerprint density at radius 3 is 2.71 bits per heavy atom. The van der Waals surface area contributed by atoms with Crippen LogP contribution in [0.5, 0.6) is 5.75 Å². The van der Waals surface area contributed by atoms with Gasteiger partial charge >= 0.3 is 0 Å². The number of halogens is 1. The topological polar surface area (TPSA) is 127 Å². The van der Waals surface area contributed by atoms with Crippen molar-refractivity contribution in [3.63, 3.8) is 0 Å². The largest absolute Gasteiger partial charge is 0.486 e. The van der Waals surface area contributed by atoms with Crippen LogP contribution in [-0.2, 0) is 6.54 Å². The van der Waals surface area contributed by atoms with Gasteiger partial charge in [0.25, 0.3) is 5.91 Å². The Hall–Kier alpha value is -4.90. The first-order valence-corrected chi connectivity index (χ1v) is 11.9. The van der Waals surface area contributed by atoms with E-state index in [1.807, 2.05) is 24.3 Å². The van der Waals surface area contributed by atoms with Crippen LogP contribution in [0.2, 0.25) is 0 Å². The first kappa shape index (κ1) is 24.8. The highest BCUT2D eigenvalue weighted by molar-refractivity contribution is 5.94. The number of carbonyl (C=O) groups excluding carboxylic acids is 1. The third-order valence-electron chi connectivity index (χ3n) is 5.68. The molecule has 38 heavy (non-hydrogen) atoms. The van der Waals surface area contributed by atoms with Crippen molar-refractivity contribution in [2.75, 3.05) is 25.2 Å². The summed E-state index contributed by atoms with van der Waals surface area (Å²) < 4.78 is 21.6. The lowest BCUT2D eigenvalue weighted by atomic mass is 10.2. The molecule has 3 aromatic heterocycles. The van der Waals surface area contributed by atoms with Crippen molar-refractivity contribution in [2.45, 2.75) is 6.54 Å². The van der Waals surface area contributed by atoms with Crippen molar-refractivity contribution in [3.05, 3.63) is 96.2 Å². The molecule has 0 bridgehead atoms. The maximum absolute atomic E-state index is 14.3. The van der Waals surface area contributed by atoms with Gasteiger partial charge in [0.1, 0.15) is 18.1 Å². The summed E-state index contributed by atoms with van der Waals surface area (Å²) in [5.41, 5.74) is 2.23. The molecule has 0 aliphatic carbocycles. The predicted octanol–water partition coefficient (Wildman–Crippen LogP) is 3.25. The zero-order chi connectivity index (χ0) is 26.3. The predicted molar refractivity (Wildman–Crippen MR) is 139 cm³/mol. The monoisotopic (exact) mass is 513 g/mol. The highest BCUT2D eigenvalue weighted by atomic mass is 19.1. The van der Waals surface area contributed by atoms with Crippen LogP contribution in [-0.4, -0.2) is 55.6 Å². The Morgan fingerprint density at radius 2 is 1.89 bits per heavy atom. The summed E-state index contributed by atoms with van der Waals surface area (Å²) in [4.78, 5) is 25.4. The molecule has 0 aliphatic rings. The number of aliphatic hydroxyl groups is 1. The first-order valence-electron chi connectivity index (χ1n) is 11.9. The number of aromatic nitrogens is 5. The molecule has 0 saturated carbocycles. The van der Waals surface area contributed by atoms with Crippen molar-refractivity contribution in [1.82, 2.24) is 30.0 Å². The highest BCUT2D eigenvalue weighted by Gasteiger charge is 2.18. The number of ether oxygens (including phenoxy) is 1. The Kier molecular flexibility index (Phi) is 7.46. The maximum atomic E-state index is 14.3. The summed E-state index contributed by atoms with van der Waals surface area (Å²) in [6, 6.07) is 17.5. The molecule has 0 aliphatic heterocycles. The molecular weight excluding hydrogens is 489 g/mol. The standard InChI is InChI=1S/C27H24FN7O3/c28-21-9-3-1-6-19(21)16-35-22-10-4-2-8-20(22)24(34-35)26-30-15-23(38-13-12-36)25(33-26)31-17-32-27(37)18-7-5-11-29-14-18/h1-11,14-15,36H,12-13,16-17H2,(H,32,37)(H,30,31,33). The maximum Gasteiger partial charge on any atom is 0.254 e. The van der Waals surface area contributed by atoms with Crippen molar-refractivity contribution >= 4 is 22.6 Å². The van der Waals surface area contributed by atoms with Crippen molar-refractivity contribution in [2.24, 2.45) is 0 Å². The molecule has 11 heteroatoms. The minimum atomic E-state index is -0.310. The minimum absolute atomic E-state index is 0.0413. The molecule has 0 atom stereocenters. The van der Waals surface area contributed by atoms with E-state index in [4.69, 9.17) is 9.84 Å². The van der Waals surface area contributed by atoms with Crippen LogP contribution >= 0.6 is 0 Å². The SMILES string of the molecule is O=C(NCNc1nc(-c2nn(Cc3ccccc3F)c3ccccc23)ncc1OCCO)c1cccnc1. The van der Waals surface area contributed by atoms with Crippen molar-refractivity contribution in [1.29, 1.82) is 0 Å².